The van der Waals surface area contributed by atoms with Crippen molar-refractivity contribution >= 4 is 11.9 Å². The first-order valence-corrected chi connectivity index (χ1v) is 7.82. The molecule has 0 saturated carbocycles. The molecule has 132 valence electrons. The SMILES string of the molecule is COCc1ccccc1C(=O)NCCc1ccc(C(=O)O)cc1OC. The Balaban J connectivity index is 2.01. The van der Waals surface area contributed by atoms with Crippen molar-refractivity contribution in [2.75, 3.05) is 20.8 Å². The predicted octanol–water partition coefficient (Wildman–Crippen LogP) is 2.51. The van der Waals surface area contributed by atoms with Crippen molar-refractivity contribution in [3.63, 3.8) is 0 Å². The highest BCUT2D eigenvalue weighted by Gasteiger charge is 2.12. The average molecular weight is 343 g/mol. The molecule has 6 heteroatoms. The number of carboxylic acid groups (broad SMARTS) is 1. The van der Waals surface area contributed by atoms with Gasteiger partial charge in [0, 0.05) is 19.2 Å². The molecule has 6 nitrogen and oxygen atoms in total. The summed E-state index contributed by atoms with van der Waals surface area (Å²) in [6.45, 7) is 0.775. The van der Waals surface area contributed by atoms with Crippen LogP contribution in [0.2, 0.25) is 0 Å². The van der Waals surface area contributed by atoms with E-state index in [0.29, 0.717) is 30.9 Å². The minimum absolute atomic E-state index is 0.165. The van der Waals surface area contributed by atoms with Crippen LogP contribution in [0.15, 0.2) is 42.5 Å². The van der Waals surface area contributed by atoms with Crippen LogP contribution in [0, 0.1) is 0 Å². The molecule has 0 aliphatic carbocycles. The largest absolute Gasteiger partial charge is 0.496 e. The molecule has 0 radical (unpaired) electrons. The molecular formula is C19H21NO5. The highest BCUT2D eigenvalue weighted by atomic mass is 16.5. The molecule has 2 aromatic carbocycles. The summed E-state index contributed by atoms with van der Waals surface area (Å²) in [5.74, 6) is -0.685. The van der Waals surface area contributed by atoms with Gasteiger partial charge in [-0.2, -0.15) is 0 Å². The molecule has 0 bridgehead atoms. The summed E-state index contributed by atoms with van der Waals surface area (Å²) in [7, 11) is 3.08. The van der Waals surface area contributed by atoms with Gasteiger partial charge in [0.25, 0.3) is 5.91 Å². The van der Waals surface area contributed by atoms with Crippen molar-refractivity contribution in [3.8, 4) is 5.75 Å². The zero-order valence-electron chi connectivity index (χ0n) is 14.2. The molecule has 2 aromatic rings. The summed E-state index contributed by atoms with van der Waals surface area (Å²) < 4.78 is 10.3. The van der Waals surface area contributed by atoms with Crippen LogP contribution in [0.4, 0.5) is 0 Å². The lowest BCUT2D eigenvalue weighted by Gasteiger charge is -2.12. The summed E-state index contributed by atoms with van der Waals surface area (Å²) in [6.07, 6.45) is 0.529. The number of hydrogen-bond acceptors (Lipinski definition) is 4. The van der Waals surface area contributed by atoms with Crippen LogP contribution >= 0.6 is 0 Å². The number of hydrogen-bond donors (Lipinski definition) is 2. The monoisotopic (exact) mass is 343 g/mol. The van der Waals surface area contributed by atoms with Gasteiger partial charge in [-0.05, 0) is 35.7 Å². The van der Waals surface area contributed by atoms with E-state index in [2.05, 4.69) is 5.32 Å². The third-order valence-electron chi connectivity index (χ3n) is 3.78. The zero-order valence-corrected chi connectivity index (χ0v) is 14.2. The lowest BCUT2D eigenvalue weighted by Crippen LogP contribution is -2.26. The second-order valence-corrected chi connectivity index (χ2v) is 5.43. The van der Waals surface area contributed by atoms with Crippen LogP contribution in [-0.2, 0) is 17.8 Å². The molecular weight excluding hydrogens is 322 g/mol. The van der Waals surface area contributed by atoms with E-state index in [1.54, 1.807) is 19.2 Å². The van der Waals surface area contributed by atoms with Crippen molar-refractivity contribution in [2.45, 2.75) is 13.0 Å². The number of benzene rings is 2. The number of carboxylic acids is 1. The van der Waals surface area contributed by atoms with Gasteiger partial charge < -0.3 is 19.9 Å². The lowest BCUT2D eigenvalue weighted by molar-refractivity contribution is 0.0696. The third-order valence-corrected chi connectivity index (χ3v) is 3.78. The van der Waals surface area contributed by atoms with Gasteiger partial charge >= 0.3 is 5.97 Å². The topological polar surface area (TPSA) is 84.9 Å². The number of carbonyl (C=O) groups is 2. The zero-order chi connectivity index (χ0) is 18.2. The average Bonchev–Trinajstić information content (AvgIpc) is 2.62. The van der Waals surface area contributed by atoms with E-state index < -0.39 is 5.97 Å². The maximum Gasteiger partial charge on any atom is 0.335 e. The molecule has 25 heavy (non-hydrogen) atoms. The molecule has 0 fully saturated rings. The van der Waals surface area contributed by atoms with Gasteiger partial charge in [-0.3, -0.25) is 4.79 Å². The normalized spacial score (nSPS) is 10.3. The summed E-state index contributed by atoms with van der Waals surface area (Å²) in [5.41, 5.74) is 2.40. The number of rotatable bonds is 8. The molecule has 0 unspecified atom stereocenters. The Kier molecular flexibility index (Phi) is 6.54. The summed E-state index contributed by atoms with van der Waals surface area (Å²) in [4.78, 5) is 23.4. The first kappa shape index (κ1) is 18.5. The highest BCUT2D eigenvalue weighted by molar-refractivity contribution is 5.95. The van der Waals surface area contributed by atoms with Gasteiger partial charge in [0.15, 0.2) is 0 Å². The Morgan fingerprint density at radius 3 is 2.52 bits per heavy atom. The minimum atomic E-state index is -1.01. The molecule has 1 amide bonds. The maximum atomic E-state index is 12.4. The molecule has 0 aliphatic heterocycles. The first-order chi connectivity index (χ1) is 12.1. The number of amides is 1. The number of nitrogens with one attached hydrogen (secondary N) is 1. The van der Waals surface area contributed by atoms with Crippen molar-refractivity contribution in [1.29, 1.82) is 0 Å². The van der Waals surface area contributed by atoms with Gasteiger partial charge in [-0.25, -0.2) is 4.79 Å². The van der Waals surface area contributed by atoms with E-state index in [4.69, 9.17) is 14.6 Å². The molecule has 0 aliphatic rings. The van der Waals surface area contributed by atoms with E-state index in [1.165, 1.54) is 19.2 Å². The van der Waals surface area contributed by atoms with E-state index in [1.807, 2.05) is 18.2 Å². The Hall–Kier alpha value is -2.86. The van der Waals surface area contributed by atoms with Gasteiger partial charge in [-0.1, -0.05) is 24.3 Å². The quantitative estimate of drug-likeness (QED) is 0.769. The molecule has 2 N–H and O–H groups in total. The lowest BCUT2D eigenvalue weighted by atomic mass is 10.1. The van der Waals surface area contributed by atoms with Crippen LogP contribution in [0.5, 0.6) is 5.75 Å². The van der Waals surface area contributed by atoms with Crippen LogP contribution in [0.3, 0.4) is 0 Å². The van der Waals surface area contributed by atoms with Crippen LogP contribution in [0.25, 0.3) is 0 Å². The fourth-order valence-corrected chi connectivity index (χ4v) is 2.51. The van der Waals surface area contributed by atoms with Crippen molar-refractivity contribution in [1.82, 2.24) is 5.32 Å². The van der Waals surface area contributed by atoms with E-state index >= 15 is 0 Å². The standard InChI is InChI=1S/C19H21NO5/c1-24-12-15-5-3-4-6-16(15)18(21)20-10-9-13-7-8-14(19(22)23)11-17(13)25-2/h3-8,11H,9-10,12H2,1-2H3,(H,20,21)(H,22,23). The second-order valence-electron chi connectivity index (χ2n) is 5.43. The third kappa shape index (κ3) is 4.81. The summed E-state index contributed by atoms with van der Waals surface area (Å²) >= 11 is 0. The van der Waals surface area contributed by atoms with Crippen molar-refractivity contribution < 1.29 is 24.2 Å². The maximum absolute atomic E-state index is 12.4. The van der Waals surface area contributed by atoms with Gasteiger partial charge in [-0.15, -0.1) is 0 Å². The van der Waals surface area contributed by atoms with Crippen molar-refractivity contribution in [2.24, 2.45) is 0 Å². The minimum Gasteiger partial charge on any atom is -0.496 e. The highest BCUT2D eigenvalue weighted by Crippen LogP contribution is 2.20. The van der Waals surface area contributed by atoms with E-state index in [0.717, 1.165) is 11.1 Å². The smallest absolute Gasteiger partial charge is 0.335 e. The van der Waals surface area contributed by atoms with E-state index in [9.17, 15) is 9.59 Å². The molecule has 0 spiro atoms. The number of ether oxygens (including phenoxy) is 2. The Bertz CT molecular complexity index is 757. The van der Waals surface area contributed by atoms with Crippen LogP contribution in [0.1, 0.15) is 31.8 Å². The molecule has 0 heterocycles. The fourth-order valence-electron chi connectivity index (χ4n) is 2.51. The van der Waals surface area contributed by atoms with Gasteiger partial charge in [0.2, 0.25) is 0 Å². The second kappa shape index (κ2) is 8.84. The Morgan fingerprint density at radius 2 is 1.84 bits per heavy atom. The molecule has 0 aromatic heterocycles. The number of methoxy groups -OCH3 is 2. The van der Waals surface area contributed by atoms with E-state index in [-0.39, 0.29) is 11.5 Å². The van der Waals surface area contributed by atoms with Crippen molar-refractivity contribution in [3.05, 3.63) is 64.7 Å². The summed E-state index contributed by atoms with van der Waals surface area (Å²) in [5, 5.41) is 11.9. The molecule has 0 saturated heterocycles. The molecule has 0 atom stereocenters. The molecule has 2 rings (SSSR count). The predicted molar refractivity (Wildman–Crippen MR) is 93.1 cm³/mol. The van der Waals surface area contributed by atoms with Crippen LogP contribution in [-0.4, -0.2) is 37.7 Å². The summed E-state index contributed by atoms with van der Waals surface area (Å²) in [6, 6.07) is 12.0. The Labute approximate surface area is 146 Å². The van der Waals surface area contributed by atoms with Crippen LogP contribution < -0.4 is 10.1 Å². The Morgan fingerprint density at radius 1 is 1.08 bits per heavy atom. The van der Waals surface area contributed by atoms with Gasteiger partial charge in [0.1, 0.15) is 5.75 Å². The van der Waals surface area contributed by atoms with Gasteiger partial charge in [0.05, 0.1) is 19.3 Å². The number of aromatic carboxylic acids is 1. The number of carbonyl (C=O) groups excluding carboxylic acids is 1. The first-order valence-electron chi connectivity index (χ1n) is 7.82. The fraction of sp³-hybridized carbons (Fsp3) is 0.263.